The zero-order valence-corrected chi connectivity index (χ0v) is 23.0. The fourth-order valence-electron chi connectivity index (χ4n) is 3.29. The van der Waals surface area contributed by atoms with Crippen molar-refractivity contribution < 1.29 is 14.3 Å². The number of thiocarbonyl (C=S) groups is 1. The van der Waals surface area contributed by atoms with Crippen molar-refractivity contribution in [2.24, 2.45) is 0 Å². The Bertz CT molecular complexity index is 1280. The molecule has 0 unspecified atom stereocenters. The number of carbonyl (C=O) groups is 1. The van der Waals surface area contributed by atoms with Crippen molar-refractivity contribution in [3.63, 3.8) is 0 Å². The van der Waals surface area contributed by atoms with Crippen molar-refractivity contribution in [1.82, 2.24) is 0 Å². The Morgan fingerprint density at radius 3 is 2.65 bits per heavy atom. The van der Waals surface area contributed by atoms with E-state index in [9.17, 15) is 4.79 Å². The minimum absolute atomic E-state index is 0.147. The molecule has 0 saturated carbocycles. The Balaban J connectivity index is 1.57. The van der Waals surface area contributed by atoms with Crippen molar-refractivity contribution in [2.75, 3.05) is 18.3 Å². The van der Waals surface area contributed by atoms with Crippen LogP contribution in [0.1, 0.15) is 11.1 Å². The number of amides is 1. The first kappa shape index (κ1) is 25.1. The van der Waals surface area contributed by atoms with Crippen LogP contribution in [0.5, 0.6) is 11.5 Å². The van der Waals surface area contributed by atoms with Crippen LogP contribution in [0.3, 0.4) is 0 Å². The van der Waals surface area contributed by atoms with Gasteiger partial charge in [0, 0.05) is 9.92 Å². The highest BCUT2D eigenvalue weighted by atomic mass is 79.9. The standard InChI is InChI=1S/C25H19BrClNO3S3/c1-30-21-11-16(10-20(26)23(21)31-14-15-6-8-17(27)9-7-15)12-22-24(29)28(25(32)34-22)18-4-3-5-19(13-18)33-2/h3-13H,14H2,1-2H3/b22-12+. The van der Waals surface area contributed by atoms with Crippen LogP contribution in [-0.2, 0) is 11.4 Å². The summed E-state index contributed by atoms with van der Waals surface area (Å²) in [5, 5.41) is 0.675. The maximum absolute atomic E-state index is 13.2. The molecule has 1 fully saturated rings. The summed E-state index contributed by atoms with van der Waals surface area (Å²) >= 11 is 17.9. The normalized spacial score (nSPS) is 14.7. The first-order chi connectivity index (χ1) is 16.4. The van der Waals surface area contributed by atoms with Gasteiger partial charge in [-0.2, -0.15) is 0 Å². The van der Waals surface area contributed by atoms with Crippen LogP contribution in [0.2, 0.25) is 5.02 Å². The molecular formula is C25H19BrClNO3S3. The quantitative estimate of drug-likeness (QED) is 0.158. The molecule has 1 heterocycles. The third-order valence-corrected chi connectivity index (χ3v) is 7.82. The minimum Gasteiger partial charge on any atom is -0.493 e. The van der Waals surface area contributed by atoms with Crippen LogP contribution in [0, 0.1) is 0 Å². The molecule has 0 N–H and O–H groups in total. The zero-order chi connectivity index (χ0) is 24.2. The van der Waals surface area contributed by atoms with E-state index >= 15 is 0 Å². The summed E-state index contributed by atoms with van der Waals surface area (Å²) < 4.78 is 12.8. The van der Waals surface area contributed by atoms with E-state index in [1.807, 2.05) is 73.0 Å². The fourth-order valence-corrected chi connectivity index (χ4v) is 5.74. The number of ether oxygens (including phenoxy) is 2. The molecule has 1 amide bonds. The first-order valence-electron chi connectivity index (χ1n) is 10.1. The second-order valence-corrected chi connectivity index (χ2v) is 11.0. The highest BCUT2D eigenvalue weighted by Crippen LogP contribution is 2.40. The van der Waals surface area contributed by atoms with Gasteiger partial charge < -0.3 is 9.47 Å². The molecule has 34 heavy (non-hydrogen) atoms. The van der Waals surface area contributed by atoms with Gasteiger partial charge in [-0.15, -0.1) is 11.8 Å². The third kappa shape index (κ3) is 5.63. The zero-order valence-electron chi connectivity index (χ0n) is 18.2. The third-order valence-electron chi connectivity index (χ3n) is 4.95. The molecule has 0 aromatic heterocycles. The molecule has 0 aliphatic carbocycles. The molecule has 9 heteroatoms. The largest absolute Gasteiger partial charge is 0.493 e. The topological polar surface area (TPSA) is 38.8 Å². The molecule has 174 valence electrons. The number of nitrogens with zero attached hydrogens (tertiary/aromatic N) is 1. The van der Waals surface area contributed by atoms with Gasteiger partial charge in [0.1, 0.15) is 6.61 Å². The molecular weight excluding hydrogens is 574 g/mol. The molecule has 1 saturated heterocycles. The summed E-state index contributed by atoms with van der Waals surface area (Å²) in [5.74, 6) is 0.986. The number of anilines is 1. The lowest BCUT2D eigenvalue weighted by molar-refractivity contribution is -0.113. The van der Waals surface area contributed by atoms with E-state index in [2.05, 4.69) is 15.9 Å². The summed E-state index contributed by atoms with van der Waals surface area (Å²) in [4.78, 5) is 16.4. The molecule has 0 radical (unpaired) electrons. The van der Waals surface area contributed by atoms with Gasteiger partial charge in [0.15, 0.2) is 15.8 Å². The summed E-state index contributed by atoms with van der Waals surface area (Å²) in [6.07, 6.45) is 3.81. The van der Waals surface area contributed by atoms with E-state index in [-0.39, 0.29) is 5.91 Å². The second kappa shape index (κ2) is 11.2. The number of halogens is 2. The number of rotatable bonds is 7. The second-order valence-electron chi connectivity index (χ2n) is 7.17. The lowest BCUT2D eigenvalue weighted by Crippen LogP contribution is -2.27. The number of hydrogen-bond acceptors (Lipinski definition) is 6. The van der Waals surface area contributed by atoms with Crippen LogP contribution in [-0.4, -0.2) is 23.6 Å². The number of hydrogen-bond donors (Lipinski definition) is 0. The van der Waals surface area contributed by atoms with Gasteiger partial charge in [0.05, 0.1) is 22.2 Å². The summed E-state index contributed by atoms with van der Waals surface area (Å²) in [7, 11) is 1.58. The highest BCUT2D eigenvalue weighted by Gasteiger charge is 2.33. The van der Waals surface area contributed by atoms with Crippen LogP contribution < -0.4 is 14.4 Å². The van der Waals surface area contributed by atoms with Gasteiger partial charge in [-0.25, -0.2) is 0 Å². The molecule has 3 aromatic rings. The molecule has 4 rings (SSSR count). The van der Waals surface area contributed by atoms with E-state index in [0.29, 0.717) is 32.4 Å². The molecule has 1 aliphatic rings. The van der Waals surface area contributed by atoms with Crippen LogP contribution in [0.25, 0.3) is 6.08 Å². The van der Waals surface area contributed by atoms with Gasteiger partial charge >= 0.3 is 0 Å². The SMILES string of the molecule is COc1cc(/C=C2/SC(=S)N(c3cccc(SC)c3)C2=O)cc(Br)c1OCc1ccc(Cl)cc1. The van der Waals surface area contributed by atoms with Crippen molar-refractivity contribution in [3.05, 3.63) is 86.2 Å². The Morgan fingerprint density at radius 1 is 1.18 bits per heavy atom. The predicted octanol–water partition coefficient (Wildman–Crippen LogP) is 7.82. The number of thioether (sulfide) groups is 2. The van der Waals surface area contributed by atoms with Gasteiger partial charge in [0.2, 0.25) is 0 Å². The van der Waals surface area contributed by atoms with Gasteiger partial charge in [-0.3, -0.25) is 9.69 Å². The smallest absolute Gasteiger partial charge is 0.270 e. The van der Waals surface area contributed by atoms with Gasteiger partial charge in [-0.05, 0) is 81.9 Å². The first-order valence-corrected chi connectivity index (χ1v) is 13.7. The van der Waals surface area contributed by atoms with Crippen LogP contribution in [0.15, 0.2) is 74.9 Å². The van der Waals surface area contributed by atoms with E-state index in [1.54, 1.807) is 23.8 Å². The Labute approximate surface area is 225 Å². The van der Waals surface area contributed by atoms with Crippen molar-refractivity contribution in [3.8, 4) is 11.5 Å². The van der Waals surface area contributed by atoms with Gasteiger partial charge in [0.25, 0.3) is 5.91 Å². The number of benzene rings is 3. The fraction of sp³-hybridized carbons (Fsp3) is 0.120. The van der Waals surface area contributed by atoms with Crippen molar-refractivity contribution in [2.45, 2.75) is 11.5 Å². The minimum atomic E-state index is -0.147. The van der Waals surface area contributed by atoms with E-state index in [1.165, 1.54) is 11.8 Å². The molecule has 0 atom stereocenters. The molecule has 1 aliphatic heterocycles. The van der Waals surface area contributed by atoms with Crippen LogP contribution in [0.4, 0.5) is 5.69 Å². The summed E-state index contributed by atoms with van der Waals surface area (Å²) in [6.45, 7) is 0.360. The highest BCUT2D eigenvalue weighted by molar-refractivity contribution is 9.10. The average Bonchev–Trinajstić information content (AvgIpc) is 3.11. The van der Waals surface area contributed by atoms with E-state index < -0.39 is 0 Å². The van der Waals surface area contributed by atoms with E-state index in [0.717, 1.165) is 26.2 Å². The maximum atomic E-state index is 13.2. The van der Waals surface area contributed by atoms with Crippen molar-refractivity contribution in [1.29, 1.82) is 0 Å². The number of methoxy groups -OCH3 is 1. The maximum Gasteiger partial charge on any atom is 0.270 e. The molecule has 0 spiro atoms. The summed E-state index contributed by atoms with van der Waals surface area (Å²) in [5.41, 5.74) is 2.54. The summed E-state index contributed by atoms with van der Waals surface area (Å²) in [6, 6.07) is 19.0. The van der Waals surface area contributed by atoms with Crippen molar-refractivity contribution >= 4 is 85.3 Å². The molecule has 3 aromatic carbocycles. The van der Waals surface area contributed by atoms with Gasteiger partial charge in [-0.1, -0.05) is 53.8 Å². The number of carbonyl (C=O) groups excluding carboxylic acids is 1. The Morgan fingerprint density at radius 2 is 1.94 bits per heavy atom. The molecule has 4 nitrogen and oxygen atoms in total. The predicted molar refractivity (Wildman–Crippen MR) is 150 cm³/mol. The monoisotopic (exact) mass is 591 g/mol. The molecule has 0 bridgehead atoms. The lowest BCUT2D eigenvalue weighted by Gasteiger charge is -2.15. The van der Waals surface area contributed by atoms with E-state index in [4.69, 9.17) is 33.3 Å². The average molecular weight is 593 g/mol. The Hall–Kier alpha value is -1.97. The Kier molecular flexibility index (Phi) is 8.26. The lowest BCUT2D eigenvalue weighted by atomic mass is 10.1. The van der Waals surface area contributed by atoms with Crippen LogP contribution >= 0.6 is 63.3 Å².